The second-order valence-corrected chi connectivity index (χ2v) is 5.05. The Bertz CT molecular complexity index is 791. The normalized spacial score (nSPS) is 10.9. The summed E-state index contributed by atoms with van der Waals surface area (Å²) in [7, 11) is 0. The maximum atomic E-state index is 10.9. The van der Waals surface area contributed by atoms with Crippen molar-refractivity contribution in [3.05, 3.63) is 59.9 Å². The van der Waals surface area contributed by atoms with Crippen LogP contribution in [0.2, 0.25) is 0 Å². The highest BCUT2D eigenvalue weighted by atomic mass is 16.4. The van der Waals surface area contributed by atoms with Crippen molar-refractivity contribution in [3.63, 3.8) is 0 Å². The SMILES string of the molecule is Cc1cccn2c(CCC(=O)O)c(-c3ccccc3)nc12. The minimum absolute atomic E-state index is 0.0988. The quantitative estimate of drug-likeness (QED) is 0.797. The van der Waals surface area contributed by atoms with Gasteiger partial charge in [-0.2, -0.15) is 0 Å². The van der Waals surface area contributed by atoms with E-state index in [2.05, 4.69) is 0 Å². The molecule has 0 spiro atoms. The van der Waals surface area contributed by atoms with Gasteiger partial charge in [-0.3, -0.25) is 4.79 Å². The average Bonchev–Trinajstić information content (AvgIpc) is 2.86. The van der Waals surface area contributed by atoms with E-state index in [0.29, 0.717) is 6.42 Å². The predicted molar refractivity (Wildman–Crippen MR) is 81.3 cm³/mol. The molecule has 0 saturated carbocycles. The number of pyridine rings is 1. The molecule has 2 aromatic heterocycles. The maximum Gasteiger partial charge on any atom is 0.303 e. The van der Waals surface area contributed by atoms with Crippen LogP contribution in [-0.2, 0) is 11.2 Å². The van der Waals surface area contributed by atoms with E-state index in [-0.39, 0.29) is 6.42 Å². The van der Waals surface area contributed by atoms with Crippen LogP contribution in [0.1, 0.15) is 17.7 Å². The van der Waals surface area contributed by atoms with Crippen molar-refractivity contribution in [2.45, 2.75) is 19.8 Å². The molecule has 0 atom stereocenters. The Morgan fingerprint density at radius 3 is 2.67 bits per heavy atom. The highest BCUT2D eigenvalue weighted by molar-refractivity contribution is 5.70. The highest BCUT2D eigenvalue weighted by Crippen LogP contribution is 2.26. The summed E-state index contributed by atoms with van der Waals surface area (Å²) in [5.41, 5.74) is 4.79. The Morgan fingerprint density at radius 1 is 1.19 bits per heavy atom. The van der Waals surface area contributed by atoms with Crippen LogP contribution in [0.25, 0.3) is 16.9 Å². The van der Waals surface area contributed by atoms with Gasteiger partial charge < -0.3 is 9.51 Å². The second-order valence-electron chi connectivity index (χ2n) is 5.05. The van der Waals surface area contributed by atoms with Crippen molar-refractivity contribution < 1.29 is 9.90 Å². The number of aliphatic carboxylic acids is 1. The standard InChI is InChI=1S/C17H16N2O2/c1-12-6-5-11-19-14(9-10-15(20)21)16(18-17(12)19)13-7-3-2-4-8-13/h2-8,11H,9-10H2,1H3,(H,20,21). The Kier molecular flexibility index (Phi) is 3.44. The number of hydrogen-bond acceptors (Lipinski definition) is 2. The summed E-state index contributed by atoms with van der Waals surface area (Å²) in [6.45, 7) is 2.01. The molecule has 0 amide bonds. The third-order valence-corrected chi connectivity index (χ3v) is 3.57. The Balaban J connectivity index is 2.20. The van der Waals surface area contributed by atoms with Crippen LogP contribution >= 0.6 is 0 Å². The monoisotopic (exact) mass is 280 g/mol. The topological polar surface area (TPSA) is 54.6 Å². The van der Waals surface area contributed by atoms with E-state index in [0.717, 1.165) is 28.2 Å². The molecular weight excluding hydrogens is 264 g/mol. The molecule has 0 bridgehead atoms. The molecule has 3 rings (SSSR count). The van der Waals surface area contributed by atoms with E-state index >= 15 is 0 Å². The van der Waals surface area contributed by atoms with E-state index in [9.17, 15) is 4.79 Å². The molecule has 0 radical (unpaired) electrons. The van der Waals surface area contributed by atoms with Gasteiger partial charge in [0.2, 0.25) is 0 Å². The van der Waals surface area contributed by atoms with Crippen LogP contribution in [0.15, 0.2) is 48.7 Å². The molecule has 2 heterocycles. The van der Waals surface area contributed by atoms with Gasteiger partial charge in [0.05, 0.1) is 17.8 Å². The summed E-state index contributed by atoms with van der Waals surface area (Å²) in [6.07, 6.45) is 2.50. The van der Waals surface area contributed by atoms with E-state index in [1.54, 1.807) is 0 Å². The summed E-state index contributed by atoms with van der Waals surface area (Å²) in [5, 5.41) is 8.97. The summed E-state index contributed by atoms with van der Waals surface area (Å²) in [4.78, 5) is 15.6. The first-order chi connectivity index (χ1) is 10.2. The fourth-order valence-corrected chi connectivity index (χ4v) is 2.54. The van der Waals surface area contributed by atoms with Crippen LogP contribution in [-0.4, -0.2) is 20.5 Å². The molecule has 0 aliphatic carbocycles. The first-order valence-corrected chi connectivity index (χ1v) is 6.90. The number of carbonyl (C=O) groups is 1. The number of rotatable bonds is 4. The number of fused-ring (bicyclic) bond motifs is 1. The van der Waals surface area contributed by atoms with Crippen LogP contribution < -0.4 is 0 Å². The van der Waals surface area contributed by atoms with Gasteiger partial charge in [-0.1, -0.05) is 36.4 Å². The number of hydrogen-bond donors (Lipinski definition) is 1. The van der Waals surface area contributed by atoms with Crippen LogP contribution in [0.4, 0.5) is 0 Å². The lowest BCUT2D eigenvalue weighted by Gasteiger charge is -2.04. The third kappa shape index (κ3) is 2.52. The van der Waals surface area contributed by atoms with E-state index in [1.165, 1.54) is 0 Å². The molecule has 21 heavy (non-hydrogen) atoms. The van der Waals surface area contributed by atoms with Gasteiger partial charge in [0.15, 0.2) is 0 Å². The van der Waals surface area contributed by atoms with Gasteiger partial charge in [-0.15, -0.1) is 0 Å². The Labute approximate surface area is 122 Å². The minimum atomic E-state index is -0.795. The van der Waals surface area contributed by atoms with Gasteiger partial charge in [0.25, 0.3) is 0 Å². The van der Waals surface area contributed by atoms with E-state index in [1.807, 2.05) is 60.0 Å². The number of carboxylic acids is 1. The smallest absolute Gasteiger partial charge is 0.303 e. The van der Waals surface area contributed by atoms with Gasteiger partial charge >= 0.3 is 5.97 Å². The van der Waals surface area contributed by atoms with Gasteiger partial charge in [0, 0.05) is 18.2 Å². The fraction of sp³-hybridized carbons (Fsp3) is 0.176. The van der Waals surface area contributed by atoms with Crippen LogP contribution in [0.3, 0.4) is 0 Å². The summed E-state index contributed by atoms with van der Waals surface area (Å²) < 4.78 is 2.00. The molecule has 1 aromatic carbocycles. The van der Waals surface area contributed by atoms with E-state index in [4.69, 9.17) is 10.1 Å². The Hall–Kier alpha value is -2.62. The minimum Gasteiger partial charge on any atom is -0.481 e. The first kappa shape index (κ1) is 13.4. The summed E-state index contributed by atoms with van der Waals surface area (Å²) >= 11 is 0. The maximum absolute atomic E-state index is 10.9. The molecule has 0 aliphatic rings. The van der Waals surface area contributed by atoms with Gasteiger partial charge in [-0.25, -0.2) is 4.98 Å². The molecule has 4 nitrogen and oxygen atoms in total. The number of aromatic nitrogens is 2. The van der Waals surface area contributed by atoms with Crippen molar-refractivity contribution in [2.24, 2.45) is 0 Å². The molecule has 0 fully saturated rings. The zero-order valence-electron chi connectivity index (χ0n) is 11.8. The summed E-state index contributed by atoms with van der Waals surface area (Å²) in [6, 6.07) is 13.9. The van der Waals surface area contributed by atoms with Gasteiger partial charge in [0.1, 0.15) is 5.65 Å². The van der Waals surface area contributed by atoms with Crippen molar-refractivity contribution >= 4 is 11.6 Å². The lowest BCUT2D eigenvalue weighted by Crippen LogP contribution is -2.01. The molecule has 0 unspecified atom stereocenters. The molecular formula is C17H16N2O2. The number of benzene rings is 1. The molecule has 0 saturated heterocycles. The molecule has 0 aliphatic heterocycles. The first-order valence-electron chi connectivity index (χ1n) is 6.90. The largest absolute Gasteiger partial charge is 0.481 e. The third-order valence-electron chi connectivity index (χ3n) is 3.57. The van der Waals surface area contributed by atoms with Crippen molar-refractivity contribution in [3.8, 4) is 11.3 Å². The second kappa shape index (κ2) is 5.40. The fourth-order valence-electron chi connectivity index (χ4n) is 2.54. The predicted octanol–water partition coefficient (Wildman–Crippen LogP) is 3.33. The Morgan fingerprint density at radius 2 is 1.95 bits per heavy atom. The van der Waals surface area contributed by atoms with Gasteiger partial charge in [-0.05, 0) is 18.6 Å². The molecule has 1 N–H and O–H groups in total. The molecule has 3 aromatic rings. The van der Waals surface area contributed by atoms with Crippen molar-refractivity contribution in [1.29, 1.82) is 0 Å². The van der Waals surface area contributed by atoms with Crippen molar-refractivity contribution in [2.75, 3.05) is 0 Å². The number of carboxylic acid groups (broad SMARTS) is 1. The van der Waals surface area contributed by atoms with E-state index < -0.39 is 5.97 Å². The lowest BCUT2D eigenvalue weighted by atomic mass is 10.1. The highest BCUT2D eigenvalue weighted by Gasteiger charge is 2.15. The van der Waals surface area contributed by atoms with Crippen molar-refractivity contribution in [1.82, 2.24) is 9.38 Å². The lowest BCUT2D eigenvalue weighted by molar-refractivity contribution is -0.136. The number of aryl methyl sites for hydroxylation is 2. The van der Waals surface area contributed by atoms with Crippen LogP contribution in [0, 0.1) is 6.92 Å². The number of nitrogens with zero attached hydrogens (tertiary/aromatic N) is 2. The molecule has 106 valence electrons. The average molecular weight is 280 g/mol. The molecule has 4 heteroatoms. The zero-order valence-corrected chi connectivity index (χ0v) is 11.8. The summed E-state index contributed by atoms with van der Waals surface area (Å²) in [5.74, 6) is -0.795. The number of imidazole rings is 1. The van der Waals surface area contributed by atoms with Crippen LogP contribution in [0.5, 0.6) is 0 Å². The zero-order chi connectivity index (χ0) is 14.8.